The number of hydrogen-bond acceptors (Lipinski definition) is 2. The van der Waals surface area contributed by atoms with Crippen molar-refractivity contribution in [1.82, 2.24) is 0 Å². The van der Waals surface area contributed by atoms with Crippen molar-refractivity contribution in [2.24, 2.45) is 0 Å². The maximum absolute atomic E-state index is 2.43. The van der Waals surface area contributed by atoms with Gasteiger partial charge < -0.3 is 9.80 Å². The van der Waals surface area contributed by atoms with Crippen molar-refractivity contribution in [3.8, 4) is 0 Å². The SMILES string of the molecule is CC(C)(C)c1ccc(N(c2ccc(C(C)(C)C)cc2)c2ccc3c(c2)c2ccccc2c2c4ccc(N(c5ccc(C(C)(C)C)cc5)c5ccc(C(C)(C)C)cc5)cc4c4ccccc4c32)cc1. The van der Waals surface area contributed by atoms with Crippen LogP contribution in [0.5, 0.6) is 0 Å². The fraction of sp³-hybridized carbons (Fsp3) is 0.242. The molecule has 10 rings (SSSR count). The Morgan fingerprint density at radius 3 is 0.691 bits per heavy atom. The third kappa shape index (κ3) is 8.08. The van der Waals surface area contributed by atoms with Crippen LogP contribution >= 0.6 is 0 Å². The minimum atomic E-state index is 0.0608. The predicted octanol–water partition coefficient (Wildman–Crippen LogP) is 19.6. The quantitative estimate of drug-likeness (QED) is 0.154. The number of benzene rings is 10. The van der Waals surface area contributed by atoms with Crippen molar-refractivity contribution in [3.63, 3.8) is 0 Å². The molecule has 0 saturated carbocycles. The van der Waals surface area contributed by atoms with Crippen molar-refractivity contribution in [3.05, 3.63) is 204 Å². The Labute approximate surface area is 404 Å². The van der Waals surface area contributed by atoms with Gasteiger partial charge in [-0.05, 0) is 171 Å². The van der Waals surface area contributed by atoms with E-state index < -0.39 is 0 Å². The molecule has 0 aliphatic carbocycles. The molecule has 2 heteroatoms. The molecule has 0 amide bonds. The van der Waals surface area contributed by atoms with Crippen molar-refractivity contribution < 1.29 is 0 Å². The van der Waals surface area contributed by atoms with Crippen LogP contribution in [0.4, 0.5) is 34.1 Å². The minimum absolute atomic E-state index is 0.0608. The molecule has 0 radical (unpaired) electrons. The Morgan fingerprint density at radius 1 is 0.221 bits per heavy atom. The number of fused-ring (bicyclic) bond motifs is 11. The van der Waals surface area contributed by atoms with E-state index in [2.05, 4.69) is 275 Å². The summed E-state index contributed by atoms with van der Waals surface area (Å²) in [5.41, 5.74) is 12.4. The van der Waals surface area contributed by atoms with Crippen LogP contribution in [0.2, 0.25) is 0 Å². The molecule has 2 nitrogen and oxygen atoms in total. The van der Waals surface area contributed by atoms with Gasteiger partial charge in [0, 0.05) is 34.1 Å². The lowest BCUT2D eigenvalue weighted by Crippen LogP contribution is -2.14. The molecule has 0 aliphatic rings. The first-order valence-electron chi connectivity index (χ1n) is 24.5. The summed E-state index contributed by atoms with van der Waals surface area (Å²) in [6.45, 7) is 27.4. The number of rotatable bonds is 6. The zero-order valence-corrected chi connectivity index (χ0v) is 42.2. The highest BCUT2D eigenvalue weighted by Crippen LogP contribution is 2.48. The molecule has 0 bridgehead atoms. The number of anilines is 6. The van der Waals surface area contributed by atoms with Gasteiger partial charge in [0.25, 0.3) is 0 Å². The zero-order chi connectivity index (χ0) is 47.9. The molecule has 0 fully saturated rings. The molecule has 0 spiro atoms. The largest absolute Gasteiger partial charge is 0.310 e. The van der Waals surface area contributed by atoms with Crippen molar-refractivity contribution >= 4 is 88.0 Å². The summed E-state index contributed by atoms with van der Waals surface area (Å²) in [4.78, 5) is 4.85. The van der Waals surface area contributed by atoms with Crippen LogP contribution in [-0.4, -0.2) is 0 Å². The van der Waals surface area contributed by atoms with E-state index in [0.29, 0.717) is 0 Å². The summed E-state index contributed by atoms with van der Waals surface area (Å²) in [6.07, 6.45) is 0. The smallest absolute Gasteiger partial charge is 0.0468 e. The summed E-state index contributed by atoms with van der Waals surface area (Å²) in [5.74, 6) is 0. The second kappa shape index (κ2) is 16.4. The van der Waals surface area contributed by atoms with Crippen LogP contribution in [0.25, 0.3) is 53.9 Å². The first-order valence-corrected chi connectivity index (χ1v) is 24.5. The molecule has 0 saturated heterocycles. The number of nitrogens with zero attached hydrogens (tertiary/aromatic N) is 2. The topological polar surface area (TPSA) is 6.48 Å². The fourth-order valence-electron chi connectivity index (χ4n) is 10.3. The van der Waals surface area contributed by atoms with Gasteiger partial charge in [-0.15, -0.1) is 0 Å². The summed E-state index contributed by atoms with van der Waals surface area (Å²) in [7, 11) is 0. The van der Waals surface area contributed by atoms with Crippen LogP contribution in [0.3, 0.4) is 0 Å². The average Bonchev–Trinajstić information content (AvgIpc) is 3.31. The first kappa shape index (κ1) is 44.9. The maximum atomic E-state index is 2.43. The van der Waals surface area contributed by atoms with Crippen LogP contribution < -0.4 is 9.80 Å². The van der Waals surface area contributed by atoms with E-state index in [1.165, 1.54) is 76.1 Å². The minimum Gasteiger partial charge on any atom is -0.310 e. The molecule has 0 atom stereocenters. The van der Waals surface area contributed by atoms with E-state index in [1.807, 2.05) is 0 Å². The van der Waals surface area contributed by atoms with Gasteiger partial charge in [-0.2, -0.15) is 0 Å². The van der Waals surface area contributed by atoms with Crippen LogP contribution in [0.1, 0.15) is 105 Å². The summed E-state index contributed by atoms with van der Waals surface area (Å²) >= 11 is 0. The van der Waals surface area contributed by atoms with Gasteiger partial charge in [-0.3, -0.25) is 0 Å². The predicted molar refractivity (Wildman–Crippen MR) is 298 cm³/mol. The average molecular weight is 887 g/mol. The molecule has 0 unspecified atom stereocenters. The highest BCUT2D eigenvalue weighted by atomic mass is 15.1. The lowest BCUT2D eigenvalue weighted by molar-refractivity contribution is 0.590. The maximum Gasteiger partial charge on any atom is 0.0468 e. The Bertz CT molecular complexity index is 3140. The van der Waals surface area contributed by atoms with Crippen LogP contribution in [0, 0.1) is 0 Å². The Kier molecular flexibility index (Phi) is 10.8. The third-order valence-corrected chi connectivity index (χ3v) is 14.3. The number of hydrogen-bond donors (Lipinski definition) is 0. The molecule has 68 heavy (non-hydrogen) atoms. The molecule has 10 aromatic rings. The molecular weight excluding hydrogens is 821 g/mol. The molecule has 340 valence electrons. The normalized spacial score (nSPS) is 12.7. The molecular formula is C66H66N2. The molecule has 0 aliphatic heterocycles. The van der Waals surface area contributed by atoms with Crippen molar-refractivity contribution in [2.45, 2.75) is 105 Å². The van der Waals surface area contributed by atoms with Gasteiger partial charge in [-0.25, -0.2) is 0 Å². The van der Waals surface area contributed by atoms with Gasteiger partial charge in [-0.1, -0.05) is 192 Å². The summed E-state index contributed by atoms with van der Waals surface area (Å²) in [6, 6.07) is 69.1. The van der Waals surface area contributed by atoms with Gasteiger partial charge >= 0.3 is 0 Å². The Hall–Kier alpha value is -6.90. The lowest BCUT2D eigenvalue weighted by atomic mass is 9.86. The Balaban J connectivity index is 1.20. The highest BCUT2D eigenvalue weighted by molar-refractivity contribution is 6.39. The van der Waals surface area contributed by atoms with E-state index in [0.717, 1.165) is 34.1 Å². The van der Waals surface area contributed by atoms with Gasteiger partial charge in [0.15, 0.2) is 0 Å². The van der Waals surface area contributed by atoms with Crippen LogP contribution in [0.15, 0.2) is 182 Å². The van der Waals surface area contributed by atoms with E-state index in [4.69, 9.17) is 0 Å². The first-order chi connectivity index (χ1) is 32.3. The summed E-state index contributed by atoms with van der Waals surface area (Å²) < 4.78 is 0. The second-order valence-corrected chi connectivity index (χ2v) is 23.2. The zero-order valence-electron chi connectivity index (χ0n) is 42.2. The van der Waals surface area contributed by atoms with Crippen molar-refractivity contribution in [2.75, 3.05) is 9.80 Å². The highest BCUT2D eigenvalue weighted by Gasteiger charge is 2.24. The Morgan fingerprint density at radius 2 is 0.441 bits per heavy atom. The molecule has 0 heterocycles. The van der Waals surface area contributed by atoms with Gasteiger partial charge in [0.1, 0.15) is 0 Å². The standard InChI is InChI=1S/C66H66N2/c1-63(2,3)43-21-29-47(30-22-43)67(48-31-23-44(24-32-48)64(4,5)6)51-37-39-57-59(41-51)53-17-13-15-19-55(53)62-58-40-38-52(42-60(58)54-18-14-16-20-56(54)61(57)62)68(49-33-25-45(26-34-49)65(7,8)9)50-35-27-46(28-36-50)66(10,11)12/h13-42H,1-12H3. The monoisotopic (exact) mass is 887 g/mol. The van der Waals surface area contributed by atoms with E-state index in [1.54, 1.807) is 0 Å². The molecule has 10 aromatic carbocycles. The van der Waals surface area contributed by atoms with Gasteiger partial charge in [0.05, 0.1) is 0 Å². The third-order valence-electron chi connectivity index (χ3n) is 14.3. The fourth-order valence-corrected chi connectivity index (χ4v) is 10.3. The van der Waals surface area contributed by atoms with E-state index in [9.17, 15) is 0 Å². The van der Waals surface area contributed by atoms with E-state index in [-0.39, 0.29) is 21.7 Å². The molecule has 0 aromatic heterocycles. The van der Waals surface area contributed by atoms with E-state index >= 15 is 0 Å². The van der Waals surface area contributed by atoms with Crippen molar-refractivity contribution in [1.29, 1.82) is 0 Å². The summed E-state index contributed by atoms with van der Waals surface area (Å²) in [5, 5.41) is 12.6. The molecule has 0 N–H and O–H groups in total. The van der Waals surface area contributed by atoms with Crippen LogP contribution in [-0.2, 0) is 21.7 Å². The van der Waals surface area contributed by atoms with Gasteiger partial charge in [0.2, 0.25) is 0 Å². The second-order valence-electron chi connectivity index (χ2n) is 23.2. The lowest BCUT2D eigenvalue weighted by Gasteiger charge is -2.29.